The van der Waals surface area contributed by atoms with Crippen LogP contribution in [0.2, 0.25) is 0 Å². The Hall–Kier alpha value is -1.86. The van der Waals surface area contributed by atoms with Crippen LogP contribution in [0.1, 0.15) is 39.7 Å². The molecule has 1 saturated heterocycles. The third kappa shape index (κ3) is 4.41. The van der Waals surface area contributed by atoms with Gasteiger partial charge in [0.15, 0.2) is 0 Å². The number of hydrogen-bond acceptors (Lipinski definition) is 5. The molecule has 2 atom stereocenters. The van der Waals surface area contributed by atoms with Crippen molar-refractivity contribution in [2.75, 3.05) is 5.75 Å². The van der Waals surface area contributed by atoms with Crippen LogP contribution in [-0.2, 0) is 20.7 Å². The molecule has 1 N–H and O–H groups in total. The number of thioether (sulfide) groups is 1. The highest BCUT2D eigenvalue weighted by Gasteiger charge is 2.54. The zero-order valence-corrected chi connectivity index (χ0v) is 18.3. The molecule has 1 aromatic rings. The highest BCUT2D eigenvalue weighted by Crippen LogP contribution is 2.41. The van der Waals surface area contributed by atoms with Gasteiger partial charge in [0.1, 0.15) is 22.7 Å². The molecule has 3 rings (SSSR count). The van der Waals surface area contributed by atoms with Gasteiger partial charge >= 0.3 is 5.97 Å². The number of thiocarbonyl (C=S) groups is 1. The number of benzene rings is 1. The summed E-state index contributed by atoms with van der Waals surface area (Å²) in [7, 11) is 0. The van der Waals surface area contributed by atoms with Crippen LogP contribution in [0.4, 0.5) is 0 Å². The molecule has 2 aliphatic rings. The summed E-state index contributed by atoms with van der Waals surface area (Å²) >= 11 is 7.13. The largest absolute Gasteiger partial charge is 0.455 e. The van der Waals surface area contributed by atoms with Gasteiger partial charge in [-0.25, -0.2) is 4.79 Å². The van der Waals surface area contributed by atoms with Crippen molar-refractivity contribution in [2.45, 2.75) is 57.6 Å². The molecule has 28 heavy (non-hydrogen) atoms. The third-order valence-electron chi connectivity index (χ3n) is 4.59. The average molecular weight is 419 g/mol. The molecule has 1 fully saturated rings. The van der Waals surface area contributed by atoms with Gasteiger partial charge < -0.3 is 10.1 Å². The van der Waals surface area contributed by atoms with Gasteiger partial charge in [0.25, 0.3) is 5.91 Å². The molecule has 150 valence electrons. The Kier molecular flexibility index (Phi) is 6.15. The summed E-state index contributed by atoms with van der Waals surface area (Å²) in [5, 5.41) is 3.06. The first kappa shape index (κ1) is 20.9. The fraction of sp³-hybridized carbons (Fsp3) is 0.476. The van der Waals surface area contributed by atoms with E-state index in [1.54, 1.807) is 16.7 Å². The number of carbonyl (C=O) groups excluding carboxylic acids is 2. The maximum atomic E-state index is 12.9. The van der Waals surface area contributed by atoms with Gasteiger partial charge in [-0.3, -0.25) is 9.69 Å². The van der Waals surface area contributed by atoms with E-state index >= 15 is 0 Å². The Morgan fingerprint density at radius 1 is 1.32 bits per heavy atom. The fourth-order valence-corrected chi connectivity index (χ4v) is 5.02. The highest BCUT2D eigenvalue weighted by atomic mass is 32.2. The number of carbonyl (C=O) groups is 2. The quantitative estimate of drug-likeness (QED) is 0.449. The molecule has 0 bridgehead atoms. The van der Waals surface area contributed by atoms with E-state index in [0.717, 1.165) is 11.1 Å². The summed E-state index contributed by atoms with van der Waals surface area (Å²) in [4.78, 5) is 27.9. The second-order valence-corrected chi connectivity index (χ2v) is 9.52. The summed E-state index contributed by atoms with van der Waals surface area (Å²) in [6.45, 7) is 7.49. The van der Waals surface area contributed by atoms with Gasteiger partial charge in [0.05, 0.1) is 4.99 Å². The minimum absolute atomic E-state index is 0.126. The van der Waals surface area contributed by atoms with Crippen LogP contribution in [0, 0.1) is 0 Å². The smallest absolute Gasteiger partial charge is 0.355 e. The van der Waals surface area contributed by atoms with Crippen LogP contribution in [0.15, 0.2) is 41.6 Å². The Bertz CT molecular complexity index is 815. The van der Waals surface area contributed by atoms with E-state index in [4.69, 9.17) is 17.0 Å². The van der Waals surface area contributed by atoms with Crippen molar-refractivity contribution in [3.05, 3.63) is 47.2 Å². The normalized spacial score (nSPS) is 21.7. The number of fused-ring (bicyclic) bond motifs is 1. The summed E-state index contributed by atoms with van der Waals surface area (Å²) in [6, 6.07) is 9.51. The Labute approximate surface area is 175 Å². The van der Waals surface area contributed by atoms with Crippen LogP contribution in [0.25, 0.3) is 0 Å². The number of hydrogen-bond donors (Lipinski definition) is 1. The van der Waals surface area contributed by atoms with Gasteiger partial charge in [0.2, 0.25) is 0 Å². The lowest BCUT2D eigenvalue weighted by Crippen LogP contribution is -2.70. The molecule has 0 aromatic heterocycles. The monoisotopic (exact) mass is 418 g/mol. The maximum absolute atomic E-state index is 12.9. The Morgan fingerprint density at radius 2 is 2.00 bits per heavy atom. The van der Waals surface area contributed by atoms with Gasteiger partial charge in [-0.15, -0.1) is 11.8 Å². The Balaban J connectivity index is 1.71. The first-order chi connectivity index (χ1) is 13.2. The predicted octanol–water partition coefficient (Wildman–Crippen LogP) is 3.44. The predicted molar refractivity (Wildman–Crippen MR) is 116 cm³/mol. The van der Waals surface area contributed by atoms with Crippen molar-refractivity contribution < 1.29 is 14.3 Å². The van der Waals surface area contributed by atoms with E-state index in [0.29, 0.717) is 29.3 Å². The topological polar surface area (TPSA) is 58.6 Å². The van der Waals surface area contributed by atoms with E-state index in [2.05, 4.69) is 5.32 Å². The molecule has 2 aliphatic heterocycles. The molecule has 0 spiro atoms. The van der Waals surface area contributed by atoms with Crippen LogP contribution in [0.5, 0.6) is 0 Å². The fourth-order valence-electron chi connectivity index (χ4n) is 3.27. The van der Waals surface area contributed by atoms with Crippen LogP contribution in [-0.4, -0.2) is 44.5 Å². The van der Waals surface area contributed by atoms with Crippen molar-refractivity contribution in [1.82, 2.24) is 10.2 Å². The van der Waals surface area contributed by atoms with E-state index in [1.165, 1.54) is 0 Å². The van der Waals surface area contributed by atoms with E-state index in [1.807, 2.05) is 58.0 Å². The zero-order chi connectivity index (χ0) is 20.5. The van der Waals surface area contributed by atoms with Crippen molar-refractivity contribution in [2.24, 2.45) is 0 Å². The molecular formula is C21H26N2O3S2. The third-order valence-corrected chi connectivity index (χ3v) is 6.19. The summed E-state index contributed by atoms with van der Waals surface area (Å²) in [5.74, 6) is 0.163. The summed E-state index contributed by atoms with van der Waals surface area (Å²) in [6.07, 6.45) is 1.30. The van der Waals surface area contributed by atoms with Gasteiger partial charge in [-0.2, -0.15) is 0 Å². The van der Waals surface area contributed by atoms with Crippen LogP contribution in [0.3, 0.4) is 0 Å². The number of esters is 1. The highest BCUT2D eigenvalue weighted by molar-refractivity contribution is 8.00. The zero-order valence-electron chi connectivity index (χ0n) is 16.7. The second kappa shape index (κ2) is 8.25. The molecule has 1 amide bonds. The van der Waals surface area contributed by atoms with Crippen molar-refractivity contribution in [3.63, 3.8) is 0 Å². The molecule has 1 aromatic carbocycles. The lowest BCUT2D eigenvalue weighted by molar-refractivity contribution is -0.158. The minimum Gasteiger partial charge on any atom is -0.455 e. The standard InChI is InChI=1S/C21H26N2O3S2/c1-5-14-12-28-19-16(22-15(27)11-13-9-7-6-8-10-13)18(24)23(19)17(14)20(25)26-21(2,3)4/h6-10,16,19H,5,11-12H2,1-4H3,(H,22,27)/t16-,19-/m1/s1. The molecule has 0 saturated carbocycles. The average Bonchev–Trinajstić information content (AvgIpc) is 2.64. The van der Waals surface area contributed by atoms with E-state index < -0.39 is 17.6 Å². The lowest BCUT2D eigenvalue weighted by Gasteiger charge is -2.50. The van der Waals surface area contributed by atoms with E-state index in [9.17, 15) is 9.59 Å². The van der Waals surface area contributed by atoms with E-state index in [-0.39, 0.29) is 11.3 Å². The number of nitrogens with one attached hydrogen (secondary N) is 1. The molecule has 0 aliphatic carbocycles. The maximum Gasteiger partial charge on any atom is 0.355 e. The SMILES string of the molecule is CCC1=C(C(=O)OC(C)(C)C)N2C(=O)[C@@H](NC(=S)Cc3ccccc3)[C@H]2SC1. The first-order valence-electron chi connectivity index (χ1n) is 9.44. The molecule has 2 heterocycles. The molecular weight excluding hydrogens is 392 g/mol. The molecule has 7 heteroatoms. The number of ether oxygens (including phenoxy) is 1. The first-order valence-corrected chi connectivity index (χ1v) is 10.9. The summed E-state index contributed by atoms with van der Waals surface area (Å²) in [5.41, 5.74) is 1.86. The van der Waals surface area contributed by atoms with Gasteiger partial charge in [-0.05, 0) is 38.3 Å². The number of amides is 1. The van der Waals surface area contributed by atoms with Crippen LogP contribution >= 0.6 is 24.0 Å². The van der Waals surface area contributed by atoms with Gasteiger partial charge in [0, 0.05) is 12.2 Å². The lowest BCUT2D eigenvalue weighted by atomic mass is 10.0. The minimum atomic E-state index is -0.605. The number of β-lactam (4-membered cyclic amide) rings is 1. The molecule has 5 nitrogen and oxygen atoms in total. The molecule has 0 radical (unpaired) electrons. The number of nitrogens with zero attached hydrogens (tertiary/aromatic N) is 1. The summed E-state index contributed by atoms with van der Waals surface area (Å²) < 4.78 is 5.56. The molecule has 0 unspecified atom stereocenters. The van der Waals surface area contributed by atoms with Crippen molar-refractivity contribution in [3.8, 4) is 0 Å². The second-order valence-electron chi connectivity index (χ2n) is 7.92. The van der Waals surface area contributed by atoms with Crippen molar-refractivity contribution >= 4 is 40.8 Å². The van der Waals surface area contributed by atoms with Gasteiger partial charge in [-0.1, -0.05) is 49.5 Å². The van der Waals surface area contributed by atoms with Crippen molar-refractivity contribution in [1.29, 1.82) is 0 Å². The Morgan fingerprint density at radius 3 is 2.61 bits per heavy atom. The van der Waals surface area contributed by atoms with Crippen LogP contribution < -0.4 is 5.32 Å². The number of rotatable bonds is 5.